The van der Waals surface area contributed by atoms with Gasteiger partial charge in [0.2, 0.25) is 0 Å². The van der Waals surface area contributed by atoms with Gasteiger partial charge in [-0.1, -0.05) is 23.3 Å². The van der Waals surface area contributed by atoms with Gasteiger partial charge >= 0.3 is 0 Å². The maximum Gasteiger partial charge on any atom is 0.283 e. The predicted octanol–water partition coefficient (Wildman–Crippen LogP) is 2.32. The van der Waals surface area contributed by atoms with E-state index in [1.165, 1.54) is 18.2 Å². The number of carbonyl (C=O) groups is 1. The van der Waals surface area contributed by atoms with Gasteiger partial charge in [-0.05, 0) is 25.1 Å². The number of nitro groups is 1. The van der Waals surface area contributed by atoms with Crippen molar-refractivity contribution in [2.24, 2.45) is 0 Å². The van der Waals surface area contributed by atoms with Crippen LogP contribution in [0.2, 0.25) is 5.02 Å². The average molecular weight is 332 g/mol. The molecule has 2 N–H and O–H groups in total. The first-order chi connectivity index (χ1) is 9.58. The molecule has 0 bridgehead atoms. The zero-order chi connectivity index (χ0) is 14.5. The molecule has 0 radical (unpaired) electrons. The molecular weight excluding hydrogens is 317 g/mol. The summed E-state index contributed by atoms with van der Waals surface area (Å²) in [5.41, 5.74) is 0.858. The van der Waals surface area contributed by atoms with Gasteiger partial charge in [0.1, 0.15) is 5.56 Å². The Morgan fingerprint density at radius 1 is 1.48 bits per heavy atom. The summed E-state index contributed by atoms with van der Waals surface area (Å²) in [5, 5.41) is 17.0. The van der Waals surface area contributed by atoms with Crippen LogP contribution in [-0.2, 0) is 0 Å². The summed E-state index contributed by atoms with van der Waals surface area (Å²) in [6, 6.07) is 4.01. The Kier molecular flexibility index (Phi) is 6.61. The highest BCUT2D eigenvalue weighted by atomic mass is 35.5. The van der Waals surface area contributed by atoms with Crippen LogP contribution in [-0.4, -0.2) is 30.5 Å². The second-order valence-corrected chi connectivity index (χ2v) is 4.85. The molecule has 0 saturated heterocycles. The van der Waals surface area contributed by atoms with Gasteiger partial charge in [0, 0.05) is 24.2 Å². The van der Waals surface area contributed by atoms with Crippen molar-refractivity contribution in [3.05, 3.63) is 50.5 Å². The largest absolute Gasteiger partial charge is 0.348 e. The minimum Gasteiger partial charge on any atom is -0.348 e. The lowest BCUT2D eigenvalue weighted by Crippen LogP contribution is -2.30. The maximum atomic E-state index is 12.0. The van der Waals surface area contributed by atoms with Crippen molar-refractivity contribution in [3.63, 3.8) is 0 Å². The zero-order valence-corrected chi connectivity index (χ0v) is 12.7. The minimum absolute atomic E-state index is 0. The van der Waals surface area contributed by atoms with Crippen LogP contribution in [0, 0.1) is 10.1 Å². The van der Waals surface area contributed by atoms with Crippen LogP contribution in [0.1, 0.15) is 16.8 Å². The normalized spacial score (nSPS) is 13.9. The van der Waals surface area contributed by atoms with Crippen LogP contribution in [0.3, 0.4) is 0 Å². The van der Waals surface area contributed by atoms with E-state index in [2.05, 4.69) is 10.6 Å². The van der Waals surface area contributed by atoms with Gasteiger partial charge in [0.05, 0.1) is 4.92 Å². The van der Waals surface area contributed by atoms with E-state index in [4.69, 9.17) is 11.6 Å². The van der Waals surface area contributed by atoms with Gasteiger partial charge in [-0.3, -0.25) is 14.9 Å². The molecule has 0 unspecified atom stereocenters. The third kappa shape index (κ3) is 4.70. The Morgan fingerprint density at radius 2 is 2.24 bits per heavy atom. The van der Waals surface area contributed by atoms with E-state index < -0.39 is 10.8 Å². The molecule has 1 aliphatic heterocycles. The molecule has 1 aromatic rings. The van der Waals surface area contributed by atoms with Gasteiger partial charge in [0.25, 0.3) is 11.6 Å². The highest BCUT2D eigenvalue weighted by Crippen LogP contribution is 2.23. The molecule has 0 saturated carbocycles. The molecule has 21 heavy (non-hydrogen) atoms. The van der Waals surface area contributed by atoms with Gasteiger partial charge in [-0.2, -0.15) is 0 Å². The summed E-state index contributed by atoms with van der Waals surface area (Å²) in [7, 11) is 0. The number of nitro benzene ring substituents is 1. The average Bonchev–Trinajstić information content (AvgIpc) is 2.45. The van der Waals surface area contributed by atoms with E-state index in [1.54, 1.807) is 0 Å². The number of amides is 1. The van der Waals surface area contributed by atoms with E-state index in [9.17, 15) is 14.9 Å². The van der Waals surface area contributed by atoms with E-state index in [1.807, 2.05) is 6.08 Å². The molecule has 0 aliphatic carbocycles. The summed E-state index contributed by atoms with van der Waals surface area (Å²) >= 11 is 5.71. The summed E-state index contributed by atoms with van der Waals surface area (Å²) in [4.78, 5) is 22.3. The highest BCUT2D eigenvalue weighted by Gasteiger charge is 2.20. The minimum atomic E-state index is -0.607. The van der Waals surface area contributed by atoms with Crippen molar-refractivity contribution >= 4 is 35.6 Å². The number of hydrogen-bond acceptors (Lipinski definition) is 4. The van der Waals surface area contributed by atoms with Crippen LogP contribution < -0.4 is 10.6 Å². The van der Waals surface area contributed by atoms with Gasteiger partial charge in [-0.15, -0.1) is 12.4 Å². The SMILES string of the molecule is Cl.O=C(NCC1=CCNCC1)c1ccc(Cl)cc1[N+](=O)[O-]. The van der Waals surface area contributed by atoms with E-state index in [0.29, 0.717) is 6.54 Å². The molecule has 0 atom stereocenters. The Hall–Kier alpha value is -1.63. The van der Waals surface area contributed by atoms with E-state index in [0.717, 1.165) is 25.1 Å². The highest BCUT2D eigenvalue weighted by molar-refractivity contribution is 6.31. The lowest BCUT2D eigenvalue weighted by molar-refractivity contribution is -0.385. The first kappa shape index (κ1) is 17.4. The molecule has 1 heterocycles. The Labute approximate surface area is 133 Å². The van der Waals surface area contributed by atoms with Gasteiger partial charge < -0.3 is 10.6 Å². The first-order valence-electron chi connectivity index (χ1n) is 6.18. The van der Waals surface area contributed by atoms with Gasteiger partial charge in [-0.25, -0.2) is 0 Å². The molecule has 1 aliphatic rings. The van der Waals surface area contributed by atoms with Crippen LogP contribution in [0.4, 0.5) is 5.69 Å². The Balaban J connectivity index is 0.00000220. The van der Waals surface area contributed by atoms with Crippen molar-refractivity contribution in [1.82, 2.24) is 10.6 Å². The topological polar surface area (TPSA) is 84.3 Å². The van der Waals surface area contributed by atoms with E-state index in [-0.39, 0.29) is 28.7 Å². The smallest absolute Gasteiger partial charge is 0.283 e. The molecular formula is C13H15Cl2N3O3. The summed E-state index contributed by atoms with van der Waals surface area (Å²) in [6.07, 6.45) is 2.88. The lowest BCUT2D eigenvalue weighted by atomic mass is 10.1. The fourth-order valence-corrected chi connectivity index (χ4v) is 2.13. The van der Waals surface area contributed by atoms with Crippen LogP contribution in [0.25, 0.3) is 0 Å². The van der Waals surface area contributed by atoms with Gasteiger partial charge in [0.15, 0.2) is 0 Å². The predicted molar refractivity (Wildman–Crippen MR) is 83.3 cm³/mol. The first-order valence-corrected chi connectivity index (χ1v) is 6.56. The molecule has 2 rings (SSSR count). The number of hydrogen-bond donors (Lipinski definition) is 2. The molecule has 0 fully saturated rings. The number of halogens is 2. The zero-order valence-electron chi connectivity index (χ0n) is 11.1. The summed E-state index contributed by atoms with van der Waals surface area (Å²) in [6.45, 7) is 2.06. The maximum absolute atomic E-state index is 12.0. The Bertz CT molecular complexity index is 576. The third-order valence-electron chi connectivity index (χ3n) is 3.04. The van der Waals surface area contributed by atoms with Crippen molar-refractivity contribution in [3.8, 4) is 0 Å². The Morgan fingerprint density at radius 3 is 2.86 bits per heavy atom. The van der Waals surface area contributed by atoms with Crippen molar-refractivity contribution in [2.75, 3.05) is 19.6 Å². The number of nitrogens with zero attached hydrogens (tertiary/aromatic N) is 1. The van der Waals surface area contributed by atoms with Crippen LogP contribution >= 0.6 is 24.0 Å². The number of nitrogens with one attached hydrogen (secondary N) is 2. The van der Waals surface area contributed by atoms with Crippen molar-refractivity contribution in [2.45, 2.75) is 6.42 Å². The number of carbonyl (C=O) groups excluding carboxylic acids is 1. The van der Waals surface area contributed by atoms with Crippen LogP contribution in [0.15, 0.2) is 29.8 Å². The van der Waals surface area contributed by atoms with Crippen LogP contribution in [0.5, 0.6) is 0 Å². The standard InChI is InChI=1S/C13H14ClN3O3.ClH/c14-10-1-2-11(12(7-10)17(19)20)13(18)16-8-9-3-5-15-6-4-9;/h1-3,7,15H,4-6,8H2,(H,16,18);1H. The fourth-order valence-electron chi connectivity index (χ4n) is 1.97. The van der Waals surface area contributed by atoms with E-state index >= 15 is 0 Å². The lowest BCUT2D eigenvalue weighted by Gasteiger charge is -2.14. The molecule has 6 nitrogen and oxygen atoms in total. The second kappa shape index (κ2) is 7.97. The number of rotatable bonds is 4. The fraction of sp³-hybridized carbons (Fsp3) is 0.308. The monoisotopic (exact) mass is 331 g/mol. The third-order valence-corrected chi connectivity index (χ3v) is 3.27. The summed E-state index contributed by atoms with van der Waals surface area (Å²) < 4.78 is 0. The molecule has 1 aromatic carbocycles. The quantitative estimate of drug-likeness (QED) is 0.503. The summed E-state index contributed by atoms with van der Waals surface area (Å²) in [5.74, 6) is -0.465. The molecule has 8 heteroatoms. The molecule has 1 amide bonds. The molecule has 114 valence electrons. The second-order valence-electron chi connectivity index (χ2n) is 4.42. The van der Waals surface area contributed by atoms with Crippen molar-refractivity contribution in [1.29, 1.82) is 0 Å². The molecule has 0 spiro atoms. The van der Waals surface area contributed by atoms with Crippen molar-refractivity contribution < 1.29 is 9.72 Å². The number of benzene rings is 1. The molecule has 0 aromatic heterocycles.